The van der Waals surface area contributed by atoms with Gasteiger partial charge in [0.2, 0.25) is 0 Å². The maximum atomic E-state index is 9.88. The molecule has 0 aromatic rings. The molecule has 0 aliphatic heterocycles. The molecule has 0 rings (SSSR count). The van der Waals surface area contributed by atoms with E-state index in [1.165, 1.54) is 0 Å². The van der Waals surface area contributed by atoms with Gasteiger partial charge in [-0.25, -0.2) is 0 Å². The summed E-state index contributed by atoms with van der Waals surface area (Å²) in [5.41, 5.74) is 0. The van der Waals surface area contributed by atoms with Gasteiger partial charge in [0.05, 0.1) is 0 Å². The van der Waals surface area contributed by atoms with Gasteiger partial charge in [-0.1, -0.05) is 0 Å². The molecule has 0 saturated carbocycles. The Morgan fingerprint density at radius 3 is 1.70 bits per heavy atom. The van der Waals surface area contributed by atoms with E-state index >= 15 is 0 Å². The molecule has 0 saturated heterocycles. The van der Waals surface area contributed by atoms with Gasteiger partial charge in [-0.15, -0.1) is 0 Å². The van der Waals surface area contributed by atoms with Crippen molar-refractivity contribution in [3.8, 4) is 0 Å². The molecule has 0 radical (unpaired) electrons. The summed E-state index contributed by atoms with van der Waals surface area (Å²) in [7, 11) is -4.28. The third-order valence-electron chi connectivity index (χ3n) is 0.456. The van der Waals surface area contributed by atoms with Crippen LogP contribution >= 0.6 is 0 Å². The number of hydrogen-bond acceptors (Lipinski definition) is 4. The van der Waals surface area contributed by atoms with E-state index in [0.717, 1.165) is 6.92 Å². The van der Waals surface area contributed by atoms with Gasteiger partial charge in [-0.2, -0.15) is 8.42 Å². The number of hydrogen-bond donors (Lipinski definition) is 3. The Kier molecular flexibility index (Phi) is 5.38. The minimum atomic E-state index is -4.28. The first kappa shape index (κ1) is 13.4. The summed E-state index contributed by atoms with van der Waals surface area (Å²) in [5.74, 6) is -3.42. The molecule has 5 nitrogen and oxygen atoms in total. The molecule has 0 aromatic heterocycles. The monoisotopic (exact) mass is 180 g/mol. The molecule has 0 aliphatic carbocycles. The van der Waals surface area contributed by atoms with E-state index < -0.39 is 21.7 Å². The first-order valence-electron chi connectivity index (χ1n) is 2.11. The zero-order valence-electron chi connectivity index (χ0n) is 4.77. The molecule has 0 bridgehead atoms. The Morgan fingerprint density at radius 1 is 1.40 bits per heavy atom. The van der Waals surface area contributed by atoms with E-state index in [2.05, 4.69) is 0 Å². The van der Waals surface area contributed by atoms with Crippen LogP contribution in [0, 0.1) is 0 Å². The Bertz CT molecular complexity index is 178. The van der Waals surface area contributed by atoms with E-state index in [0.29, 0.717) is 0 Å². The average molecular weight is 180 g/mol. The van der Waals surface area contributed by atoms with Crippen LogP contribution in [-0.4, -0.2) is 64.3 Å². The molecular weight excluding hydrogens is 171 g/mol. The van der Waals surface area contributed by atoms with Crippen molar-refractivity contribution in [1.82, 2.24) is 0 Å². The van der Waals surface area contributed by atoms with Crippen LogP contribution in [0.5, 0.6) is 0 Å². The summed E-state index contributed by atoms with van der Waals surface area (Å²) in [4.78, 5) is 0. The first-order chi connectivity index (χ1) is 3.71. The second-order valence-corrected chi connectivity index (χ2v) is 3.40. The summed E-state index contributed by atoms with van der Waals surface area (Å²) in [6, 6.07) is 0. The third-order valence-corrected chi connectivity index (χ3v) is 1.37. The molecule has 7 heteroatoms. The van der Waals surface area contributed by atoms with Crippen molar-refractivity contribution in [3.05, 3.63) is 0 Å². The Hall–Kier alpha value is 0.830. The average Bonchev–Trinajstić information content (AvgIpc) is 1.14. The Balaban J connectivity index is 0. The molecule has 3 N–H and O–H groups in total. The Labute approximate surface area is 81.1 Å². The maximum absolute atomic E-state index is 9.88. The van der Waals surface area contributed by atoms with Gasteiger partial charge in [0.1, 0.15) is 5.75 Å². The number of rotatable bonds is 2. The molecule has 58 valence electrons. The first-order valence-corrected chi connectivity index (χ1v) is 3.71. The summed E-state index contributed by atoms with van der Waals surface area (Å²) in [5, 5.41) is 16.7. The topological polar surface area (TPSA) is 94.8 Å². The molecule has 0 unspecified atom stereocenters. The van der Waals surface area contributed by atoms with Crippen LogP contribution in [0.15, 0.2) is 0 Å². The van der Waals surface area contributed by atoms with E-state index in [1.807, 2.05) is 0 Å². The fraction of sp³-hybridized carbons (Fsp3) is 1.00. The Morgan fingerprint density at radius 2 is 1.70 bits per heavy atom. The van der Waals surface area contributed by atoms with Gasteiger partial charge < -0.3 is 10.2 Å². The molecule has 0 atom stereocenters. The zero-order chi connectivity index (χ0) is 7.71. The summed E-state index contributed by atoms with van der Waals surface area (Å²) in [6.07, 6.45) is 0. The third kappa shape index (κ3) is 11.6. The molecule has 0 aliphatic rings. The summed E-state index contributed by atoms with van der Waals surface area (Å²) in [6.45, 7) is 0.862. The fourth-order valence-electron chi connectivity index (χ4n) is 0.346. The zero-order valence-corrected chi connectivity index (χ0v) is 5.59. The van der Waals surface area contributed by atoms with Crippen molar-refractivity contribution in [2.45, 2.75) is 12.7 Å². The van der Waals surface area contributed by atoms with Crippen LogP contribution < -0.4 is 0 Å². The second kappa shape index (κ2) is 4.01. The molecule has 10 heavy (non-hydrogen) atoms. The van der Waals surface area contributed by atoms with Crippen molar-refractivity contribution < 1.29 is 23.2 Å². The summed E-state index contributed by atoms with van der Waals surface area (Å²) < 4.78 is 27.8. The van der Waals surface area contributed by atoms with Crippen LogP contribution in [0.4, 0.5) is 0 Å². The molecule has 0 heterocycles. The van der Waals surface area contributed by atoms with E-state index in [4.69, 9.17) is 14.8 Å². The van der Waals surface area contributed by atoms with E-state index in [9.17, 15) is 8.42 Å². The van der Waals surface area contributed by atoms with Crippen molar-refractivity contribution in [2.24, 2.45) is 0 Å². The normalized spacial score (nSPS) is 12.4. The molecule has 0 amide bonds. The van der Waals surface area contributed by atoms with E-state index in [-0.39, 0.29) is 29.6 Å². The quantitative estimate of drug-likeness (QED) is 0.258. The van der Waals surface area contributed by atoms with Crippen LogP contribution in [0.2, 0.25) is 0 Å². The van der Waals surface area contributed by atoms with Crippen molar-refractivity contribution >= 4 is 39.7 Å². The van der Waals surface area contributed by atoms with Crippen LogP contribution in [0.25, 0.3) is 0 Å². The van der Waals surface area contributed by atoms with Crippen molar-refractivity contribution in [3.63, 3.8) is 0 Å². The second-order valence-electron chi connectivity index (χ2n) is 1.94. The predicted octanol–water partition coefficient (Wildman–Crippen LogP) is -2.07. The van der Waals surface area contributed by atoms with E-state index in [1.54, 1.807) is 0 Å². The SMILES string of the molecule is CC(O)(O)CS(=O)(=O)O.[NaH]. The van der Waals surface area contributed by atoms with Gasteiger partial charge in [-0.05, 0) is 6.92 Å². The van der Waals surface area contributed by atoms with Crippen molar-refractivity contribution in [1.29, 1.82) is 0 Å². The minimum absolute atomic E-state index is 0. The van der Waals surface area contributed by atoms with Gasteiger partial charge in [0.25, 0.3) is 10.1 Å². The van der Waals surface area contributed by atoms with Gasteiger partial charge in [-0.3, -0.25) is 4.55 Å². The fourth-order valence-corrected chi connectivity index (χ4v) is 1.04. The van der Waals surface area contributed by atoms with Crippen LogP contribution in [0.3, 0.4) is 0 Å². The van der Waals surface area contributed by atoms with Gasteiger partial charge >= 0.3 is 29.6 Å². The summed E-state index contributed by atoms with van der Waals surface area (Å²) >= 11 is 0. The van der Waals surface area contributed by atoms with Crippen molar-refractivity contribution in [2.75, 3.05) is 5.75 Å². The molecule has 0 fully saturated rings. The van der Waals surface area contributed by atoms with Gasteiger partial charge in [0.15, 0.2) is 5.79 Å². The molecule has 0 spiro atoms. The van der Waals surface area contributed by atoms with Gasteiger partial charge in [0, 0.05) is 0 Å². The standard InChI is InChI=1S/C3H8O5S.Na.H/c1-3(4,5)2-9(6,7)8;;/h4-5H,2H2,1H3,(H,6,7,8);;. The molecular formula is C3H9NaO5S. The molecule has 0 aromatic carbocycles. The van der Waals surface area contributed by atoms with Crippen LogP contribution in [0.1, 0.15) is 6.92 Å². The van der Waals surface area contributed by atoms with Crippen LogP contribution in [-0.2, 0) is 10.1 Å². The predicted molar refractivity (Wildman–Crippen MR) is 36.4 cm³/mol. The number of aliphatic hydroxyl groups is 2.